The Labute approximate surface area is 169 Å². The van der Waals surface area contributed by atoms with Crippen molar-refractivity contribution in [2.24, 2.45) is 0 Å². The van der Waals surface area contributed by atoms with Gasteiger partial charge in [-0.2, -0.15) is 0 Å². The molecule has 2 aromatic rings. The molecule has 1 amide bonds. The van der Waals surface area contributed by atoms with Gasteiger partial charge in [0.25, 0.3) is 0 Å². The summed E-state index contributed by atoms with van der Waals surface area (Å²) in [6, 6.07) is 11.4. The lowest BCUT2D eigenvalue weighted by atomic mass is 10.1. The van der Waals surface area contributed by atoms with Gasteiger partial charge in [-0.05, 0) is 38.5 Å². The zero-order chi connectivity index (χ0) is 21.4. The number of carbonyl (C=O) groups excluding carboxylic acids is 3. The molecule has 8 heteroatoms. The highest BCUT2D eigenvalue weighted by atomic mass is 16.6. The maximum atomic E-state index is 12.4. The number of rotatable bonds is 6. The molecule has 1 atom stereocenters. The van der Waals surface area contributed by atoms with E-state index in [9.17, 15) is 14.4 Å². The molecule has 0 aliphatic heterocycles. The lowest BCUT2D eigenvalue weighted by molar-refractivity contribution is -0.143. The van der Waals surface area contributed by atoms with Crippen LogP contribution in [0.3, 0.4) is 0 Å². The molecule has 0 radical (unpaired) electrons. The SMILES string of the molecule is COC(=O)[C@H](Cc1cccn1C(=O)OC(C)(C)C)NC(=O)OCc1ccccc1. The number of esters is 1. The lowest BCUT2D eigenvalue weighted by Crippen LogP contribution is -2.43. The quantitative estimate of drug-likeness (QED) is 0.588. The average Bonchev–Trinajstić information content (AvgIpc) is 3.13. The minimum absolute atomic E-state index is 0.0271. The van der Waals surface area contributed by atoms with E-state index >= 15 is 0 Å². The maximum Gasteiger partial charge on any atom is 0.418 e. The van der Waals surface area contributed by atoms with Crippen LogP contribution >= 0.6 is 0 Å². The van der Waals surface area contributed by atoms with Gasteiger partial charge >= 0.3 is 18.2 Å². The summed E-state index contributed by atoms with van der Waals surface area (Å²) in [6.45, 7) is 5.34. The number of benzene rings is 1. The van der Waals surface area contributed by atoms with Crippen molar-refractivity contribution in [2.75, 3.05) is 7.11 Å². The van der Waals surface area contributed by atoms with Crippen LogP contribution in [0, 0.1) is 0 Å². The van der Waals surface area contributed by atoms with Gasteiger partial charge in [-0.25, -0.2) is 14.4 Å². The summed E-state index contributed by atoms with van der Waals surface area (Å²) in [5, 5.41) is 2.49. The largest absolute Gasteiger partial charge is 0.467 e. The van der Waals surface area contributed by atoms with E-state index in [1.165, 1.54) is 17.9 Å². The smallest absolute Gasteiger partial charge is 0.418 e. The second kappa shape index (κ2) is 9.77. The first-order valence-corrected chi connectivity index (χ1v) is 9.14. The molecule has 0 spiro atoms. The highest BCUT2D eigenvalue weighted by Gasteiger charge is 2.26. The minimum atomic E-state index is -1.03. The van der Waals surface area contributed by atoms with E-state index in [4.69, 9.17) is 14.2 Å². The van der Waals surface area contributed by atoms with E-state index in [0.717, 1.165) is 5.56 Å². The second-order valence-corrected chi connectivity index (χ2v) is 7.34. The molecule has 1 N–H and O–H groups in total. The van der Waals surface area contributed by atoms with Gasteiger partial charge in [0.15, 0.2) is 0 Å². The standard InChI is InChI=1S/C21H26N2O6/c1-21(2,3)29-20(26)23-12-8-11-16(23)13-17(18(24)27-4)22-19(25)28-14-15-9-6-5-7-10-15/h5-12,17H,13-14H2,1-4H3,(H,22,25)/t17-/m0/s1. The van der Waals surface area contributed by atoms with Crippen LogP contribution < -0.4 is 5.32 Å². The number of aromatic nitrogens is 1. The van der Waals surface area contributed by atoms with Crippen LogP contribution in [0.5, 0.6) is 0 Å². The van der Waals surface area contributed by atoms with Crippen LogP contribution in [0.1, 0.15) is 32.0 Å². The molecule has 8 nitrogen and oxygen atoms in total. The molecule has 0 aliphatic rings. The molecule has 156 valence electrons. The molecule has 2 rings (SSSR count). The number of nitrogens with one attached hydrogen (secondary N) is 1. The van der Waals surface area contributed by atoms with Gasteiger partial charge in [-0.3, -0.25) is 4.57 Å². The van der Waals surface area contributed by atoms with Gasteiger partial charge in [0.2, 0.25) is 0 Å². The normalized spacial score (nSPS) is 12.0. The van der Waals surface area contributed by atoms with E-state index < -0.39 is 29.8 Å². The van der Waals surface area contributed by atoms with Crippen LogP contribution in [0.15, 0.2) is 48.7 Å². The summed E-state index contributed by atoms with van der Waals surface area (Å²) in [6.07, 6.45) is 0.220. The Bertz CT molecular complexity index is 838. The van der Waals surface area contributed by atoms with Crippen LogP contribution in [-0.4, -0.2) is 41.5 Å². The third-order valence-electron chi connectivity index (χ3n) is 3.83. The predicted molar refractivity (Wildman–Crippen MR) is 105 cm³/mol. The molecule has 0 bridgehead atoms. The Hall–Kier alpha value is -3.29. The highest BCUT2D eigenvalue weighted by molar-refractivity contribution is 5.82. The third kappa shape index (κ3) is 6.99. The summed E-state index contributed by atoms with van der Waals surface area (Å²) in [5.41, 5.74) is 0.633. The number of nitrogens with zero attached hydrogens (tertiary/aromatic N) is 1. The number of hydrogen-bond donors (Lipinski definition) is 1. The number of carbonyl (C=O) groups is 3. The topological polar surface area (TPSA) is 95.9 Å². The fourth-order valence-electron chi connectivity index (χ4n) is 2.52. The van der Waals surface area contributed by atoms with Gasteiger partial charge in [0, 0.05) is 18.3 Å². The Morgan fingerprint density at radius 3 is 2.38 bits per heavy atom. The van der Waals surface area contributed by atoms with Crippen molar-refractivity contribution in [3.63, 3.8) is 0 Å². The zero-order valence-electron chi connectivity index (χ0n) is 17.0. The molecule has 1 aromatic carbocycles. The Balaban J connectivity index is 2.04. The number of amides is 1. The Morgan fingerprint density at radius 2 is 1.76 bits per heavy atom. The second-order valence-electron chi connectivity index (χ2n) is 7.34. The zero-order valence-corrected chi connectivity index (χ0v) is 17.0. The molecule has 1 aromatic heterocycles. The van der Waals surface area contributed by atoms with Gasteiger partial charge in [-0.15, -0.1) is 0 Å². The van der Waals surface area contributed by atoms with Gasteiger partial charge < -0.3 is 19.5 Å². The number of alkyl carbamates (subject to hydrolysis) is 1. The summed E-state index contributed by atoms with van der Waals surface area (Å²) < 4.78 is 16.6. The van der Waals surface area contributed by atoms with Gasteiger partial charge in [0.05, 0.1) is 7.11 Å². The summed E-state index contributed by atoms with van der Waals surface area (Å²) in [4.78, 5) is 36.6. The Morgan fingerprint density at radius 1 is 1.07 bits per heavy atom. The highest BCUT2D eigenvalue weighted by Crippen LogP contribution is 2.13. The van der Waals surface area contributed by atoms with Crippen LogP contribution in [-0.2, 0) is 32.0 Å². The van der Waals surface area contributed by atoms with E-state index in [0.29, 0.717) is 5.69 Å². The van der Waals surface area contributed by atoms with Crippen molar-refractivity contribution < 1.29 is 28.6 Å². The first-order valence-electron chi connectivity index (χ1n) is 9.14. The minimum Gasteiger partial charge on any atom is -0.467 e. The predicted octanol–water partition coefficient (Wildman–Crippen LogP) is 3.28. The van der Waals surface area contributed by atoms with Crippen molar-refractivity contribution >= 4 is 18.2 Å². The van der Waals surface area contributed by atoms with Crippen molar-refractivity contribution in [3.05, 3.63) is 59.9 Å². The van der Waals surface area contributed by atoms with Gasteiger partial charge in [-0.1, -0.05) is 30.3 Å². The maximum absolute atomic E-state index is 12.4. The van der Waals surface area contributed by atoms with E-state index in [2.05, 4.69) is 5.32 Å². The summed E-state index contributed by atoms with van der Waals surface area (Å²) in [5.74, 6) is -0.654. The first kappa shape index (κ1) is 22.0. The summed E-state index contributed by atoms with van der Waals surface area (Å²) in [7, 11) is 1.22. The van der Waals surface area contributed by atoms with Crippen LogP contribution in [0.25, 0.3) is 0 Å². The third-order valence-corrected chi connectivity index (χ3v) is 3.83. The molecule has 0 unspecified atom stereocenters. The first-order chi connectivity index (χ1) is 13.7. The van der Waals surface area contributed by atoms with E-state index in [1.54, 1.807) is 32.9 Å². The van der Waals surface area contributed by atoms with E-state index in [-0.39, 0.29) is 13.0 Å². The Kier molecular flexibility index (Phi) is 7.41. The number of ether oxygens (including phenoxy) is 3. The number of methoxy groups -OCH3 is 1. The van der Waals surface area contributed by atoms with Gasteiger partial charge in [0.1, 0.15) is 18.2 Å². The molecular formula is C21H26N2O6. The summed E-state index contributed by atoms with van der Waals surface area (Å²) >= 11 is 0. The molecule has 0 fully saturated rings. The fraction of sp³-hybridized carbons (Fsp3) is 0.381. The fourth-order valence-corrected chi connectivity index (χ4v) is 2.52. The lowest BCUT2D eigenvalue weighted by Gasteiger charge is -2.21. The molecular weight excluding hydrogens is 376 g/mol. The molecule has 29 heavy (non-hydrogen) atoms. The van der Waals surface area contributed by atoms with E-state index in [1.807, 2.05) is 30.3 Å². The molecule has 0 aliphatic carbocycles. The van der Waals surface area contributed by atoms with Crippen LogP contribution in [0.4, 0.5) is 9.59 Å². The molecule has 0 saturated carbocycles. The van der Waals surface area contributed by atoms with Crippen molar-refractivity contribution in [3.8, 4) is 0 Å². The molecule has 0 saturated heterocycles. The molecule has 1 heterocycles. The number of hydrogen-bond acceptors (Lipinski definition) is 6. The monoisotopic (exact) mass is 402 g/mol. The van der Waals surface area contributed by atoms with Crippen molar-refractivity contribution in [1.29, 1.82) is 0 Å². The van der Waals surface area contributed by atoms with Crippen molar-refractivity contribution in [1.82, 2.24) is 9.88 Å². The average molecular weight is 402 g/mol. The van der Waals surface area contributed by atoms with Crippen molar-refractivity contribution in [2.45, 2.75) is 45.4 Å². The van der Waals surface area contributed by atoms with Crippen LogP contribution in [0.2, 0.25) is 0 Å².